The van der Waals surface area contributed by atoms with Crippen molar-refractivity contribution in [1.29, 1.82) is 0 Å². The predicted molar refractivity (Wildman–Crippen MR) is 52.9 cm³/mol. The molecule has 15 heavy (non-hydrogen) atoms. The fourth-order valence-electron chi connectivity index (χ4n) is 1.03. The van der Waals surface area contributed by atoms with Crippen molar-refractivity contribution < 1.29 is 9.13 Å². The number of hydrogen-bond acceptors (Lipinski definition) is 4. The molecule has 4 nitrogen and oxygen atoms in total. The molecule has 0 unspecified atom stereocenters. The Balaban J connectivity index is 2.28. The second-order valence-electron chi connectivity index (χ2n) is 2.82. The summed E-state index contributed by atoms with van der Waals surface area (Å²) in [5, 5.41) is 0. The number of nitrogen functional groups attached to an aromatic ring is 1. The molecule has 2 N–H and O–H groups in total. The molecule has 1 aromatic carbocycles. The number of rotatable bonds is 2. The molecule has 76 valence electrons. The van der Waals surface area contributed by atoms with Crippen molar-refractivity contribution in [1.82, 2.24) is 9.97 Å². The first-order valence-corrected chi connectivity index (χ1v) is 4.25. The molecule has 0 fully saturated rings. The maximum absolute atomic E-state index is 13.2. The van der Waals surface area contributed by atoms with E-state index in [0.717, 1.165) is 0 Å². The minimum atomic E-state index is -0.503. The summed E-state index contributed by atoms with van der Waals surface area (Å²) < 4.78 is 18.3. The first kappa shape index (κ1) is 9.39. The predicted octanol–water partition coefficient (Wildman–Crippen LogP) is 1.99. The van der Waals surface area contributed by atoms with Gasteiger partial charge < -0.3 is 10.5 Å². The second kappa shape index (κ2) is 3.91. The number of nitrogens with two attached hydrogens (primary N) is 1. The van der Waals surface area contributed by atoms with Crippen molar-refractivity contribution in [3.05, 3.63) is 42.5 Å². The molecule has 0 atom stereocenters. The quantitative estimate of drug-likeness (QED) is 0.761. The highest BCUT2D eigenvalue weighted by atomic mass is 19.1. The van der Waals surface area contributed by atoms with Crippen molar-refractivity contribution in [2.45, 2.75) is 0 Å². The average Bonchev–Trinajstić information content (AvgIpc) is 2.25. The van der Waals surface area contributed by atoms with Gasteiger partial charge >= 0.3 is 6.01 Å². The Morgan fingerprint density at radius 3 is 2.67 bits per heavy atom. The average molecular weight is 205 g/mol. The minimum Gasteiger partial charge on any atom is -0.421 e. The van der Waals surface area contributed by atoms with Crippen LogP contribution in [0.15, 0.2) is 36.7 Å². The molecule has 2 aromatic rings. The molecule has 0 radical (unpaired) electrons. The summed E-state index contributed by atoms with van der Waals surface area (Å²) in [5.74, 6) is -0.488. The Morgan fingerprint density at radius 2 is 1.93 bits per heavy atom. The molecular weight excluding hydrogens is 197 g/mol. The fourth-order valence-corrected chi connectivity index (χ4v) is 1.03. The number of anilines is 1. The van der Waals surface area contributed by atoms with Crippen LogP contribution in [0.4, 0.5) is 10.1 Å². The summed E-state index contributed by atoms with van der Waals surface area (Å²) in [6.07, 6.45) is 3.01. The molecule has 0 aliphatic rings. The number of hydrogen-bond donors (Lipinski definition) is 1. The van der Waals surface area contributed by atoms with Gasteiger partial charge in [0.2, 0.25) is 0 Å². The third kappa shape index (κ3) is 2.19. The second-order valence-corrected chi connectivity index (χ2v) is 2.82. The van der Waals surface area contributed by atoms with E-state index in [1.165, 1.54) is 30.6 Å². The molecule has 2 rings (SSSR count). The van der Waals surface area contributed by atoms with Crippen molar-refractivity contribution in [2.75, 3.05) is 5.73 Å². The molecule has 0 saturated heterocycles. The minimum absolute atomic E-state index is 0.0150. The molecule has 0 spiro atoms. The summed E-state index contributed by atoms with van der Waals surface area (Å²) in [6, 6.07) is 5.79. The summed E-state index contributed by atoms with van der Waals surface area (Å²) in [6.45, 7) is 0. The fraction of sp³-hybridized carbons (Fsp3) is 0. The van der Waals surface area contributed by atoms with Crippen LogP contribution < -0.4 is 10.5 Å². The van der Waals surface area contributed by atoms with Gasteiger partial charge in [-0.1, -0.05) is 0 Å². The van der Waals surface area contributed by atoms with Crippen LogP contribution in [-0.2, 0) is 0 Å². The number of nitrogens with zero attached hydrogens (tertiary/aromatic N) is 2. The Hall–Kier alpha value is -2.17. The van der Waals surface area contributed by atoms with Gasteiger partial charge in [-0.25, -0.2) is 14.4 Å². The maximum Gasteiger partial charge on any atom is 0.321 e. The Bertz CT molecular complexity index is 461. The van der Waals surface area contributed by atoms with Crippen LogP contribution in [0.5, 0.6) is 11.8 Å². The van der Waals surface area contributed by atoms with Crippen LogP contribution in [-0.4, -0.2) is 9.97 Å². The van der Waals surface area contributed by atoms with Gasteiger partial charge in [-0.05, 0) is 18.2 Å². The van der Waals surface area contributed by atoms with Crippen LogP contribution in [0.2, 0.25) is 0 Å². The van der Waals surface area contributed by atoms with Crippen LogP contribution in [0.1, 0.15) is 0 Å². The van der Waals surface area contributed by atoms with Gasteiger partial charge in [0.05, 0.1) is 0 Å². The van der Waals surface area contributed by atoms with Crippen molar-refractivity contribution in [3.8, 4) is 11.8 Å². The summed E-state index contributed by atoms with van der Waals surface area (Å²) in [5.41, 5.74) is 5.91. The number of ether oxygens (including phenoxy) is 1. The first-order valence-electron chi connectivity index (χ1n) is 4.25. The first-order chi connectivity index (χ1) is 7.25. The number of halogens is 1. The lowest BCUT2D eigenvalue weighted by molar-refractivity contribution is 0.411. The van der Waals surface area contributed by atoms with E-state index in [-0.39, 0.29) is 11.8 Å². The van der Waals surface area contributed by atoms with Gasteiger partial charge in [0.25, 0.3) is 0 Å². The van der Waals surface area contributed by atoms with Crippen molar-refractivity contribution in [2.24, 2.45) is 0 Å². The van der Waals surface area contributed by atoms with Crippen LogP contribution >= 0.6 is 0 Å². The zero-order valence-corrected chi connectivity index (χ0v) is 7.72. The third-order valence-corrected chi connectivity index (χ3v) is 1.70. The molecular formula is C10H8FN3O. The lowest BCUT2D eigenvalue weighted by Crippen LogP contribution is -1.94. The lowest BCUT2D eigenvalue weighted by Gasteiger charge is -2.04. The highest BCUT2D eigenvalue weighted by Gasteiger charge is 2.06. The van der Waals surface area contributed by atoms with E-state index in [2.05, 4.69) is 9.97 Å². The highest BCUT2D eigenvalue weighted by Crippen LogP contribution is 2.23. The van der Waals surface area contributed by atoms with E-state index in [9.17, 15) is 4.39 Å². The molecule has 1 aromatic heterocycles. The zero-order valence-electron chi connectivity index (χ0n) is 7.72. The summed E-state index contributed by atoms with van der Waals surface area (Å²) in [7, 11) is 0. The largest absolute Gasteiger partial charge is 0.421 e. The monoisotopic (exact) mass is 205 g/mol. The van der Waals surface area contributed by atoms with Crippen molar-refractivity contribution >= 4 is 5.69 Å². The van der Waals surface area contributed by atoms with Gasteiger partial charge in [0.15, 0.2) is 11.6 Å². The molecule has 0 bridgehead atoms. The van der Waals surface area contributed by atoms with E-state index >= 15 is 0 Å². The smallest absolute Gasteiger partial charge is 0.321 e. The zero-order chi connectivity index (χ0) is 10.7. The van der Waals surface area contributed by atoms with E-state index in [1.807, 2.05) is 0 Å². The maximum atomic E-state index is 13.2. The normalized spacial score (nSPS) is 9.93. The molecule has 0 amide bonds. The van der Waals surface area contributed by atoms with E-state index < -0.39 is 5.82 Å². The van der Waals surface area contributed by atoms with Crippen LogP contribution in [0, 0.1) is 5.82 Å². The van der Waals surface area contributed by atoms with Gasteiger partial charge in [0, 0.05) is 24.1 Å². The molecule has 1 heterocycles. The van der Waals surface area contributed by atoms with Gasteiger partial charge in [0.1, 0.15) is 0 Å². The Kier molecular flexibility index (Phi) is 2.45. The van der Waals surface area contributed by atoms with Gasteiger partial charge in [-0.3, -0.25) is 0 Å². The lowest BCUT2D eigenvalue weighted by atomic mass is 10.3. The summed E-state index contributed by atoms with van der Waals surface area (Å²) in [4.78, 5) is 7.61. The van der Waals surface area contributed by atoms with E-state index in [0.29, 0.717) is 5.69 Å². The van der Waals surface area contributed by atoms with Gasteiger partial charge in [-0.15, -0.1) is 0 Å². The SMILES string of the molecule is Nc1ccc(F)c(Oc2ncccn2)c1. The van der Waals surface area contributed by atoms with Crippen molar-refractivity contribution in [3.63, 3.8) is 0 Å². The van der Waals surface area contributed by atoms with E-state index in [1.54, 1.807) is 6.07 Å². The van der Waals surface area contributed by atoms with Gasteiger partial charge in [-0.2, -0.15) is 0 Å². The molecule has 0 aliphatic carbocycles. The Labute approximate surface area is 85.5 Å². The highest BCUT2D eigenvalue weighted by molar-refractivity contribution is 5.45. The van der Waals surface area contributed by atoms with Crippen LogP contribution in [0.25, 0.3) is 0 Å². The number of benzene rings is 1. The number of aromatic nitrogens is 2. The van der Waals surface area contributed by atoms with Crippen LogP contribution in [0.3, 0.4) is 0 Å². The topological polar surface area (TPSA) is 61.0 Å². The summed E-state index contributed by atoms with van der Waals surface area (Å²) >= 11 is 0. The molecule has 0 saturated carbocycles. The third-order valence-electron chi connectivity index (χ3n) is 1.70. The molecule has 5 heteroatoms. The Morgan fingerprint density at radius 1 is 1.20 bits per heavy atom. The molecule has 0 aliphatic heterocycles. The van der Waals surface area contributed by atoms with E-state index in [4.69, 9.17) is 10.5 Å². The standard InChI is InChI=1S/C10H8FN3O/c11-8-3-2-7(12)6-9(8)15-10-13-4-1-5-14-10/h1-6H,12H2.